The summed E-state index contributed by atoms with van der Waals surface area (Å²) in [5.41, 5.74) is 23.6. The summed E-state index contributed by atoms with van der Waals surface area (Å²) < 4.78 is 11.0. The lowest BCUT2D eigenvalue weighted by Crippen LogP contribution is -2.31. The molecule has 0 atom stereocenters. The molecule has 0 aliphatic heterocycles. The van der Waals surface area contributed by atoms with Crippen molar-refractivity contribution in [3.63, 3.8) is 0 Å². The lowest BCUT2D eigenvalue weighted by atomic mass is 10.0. The van der Waals surface area contributed by atoms with E-state index >= 15 is 0 Å². The summed E-state index contributed by atoms with van der Waals surface area (Å²) >= 11 is 0. The maximum Gasteiger partial charge on any atom is 0.251 e. The molecule has 0 bridgehead atoms. The fourth-order valence-corrected chi connectivity index (χ4v) is 3.53. The number of amides is 2. The number of carbonyl (C=O) groups is 2. The predicted molar refractivity (Wildman–Crippen MR) is 127 cm³/mol. The lowest BCUT2D eigenvalue weighted by molar-refractivity contribution is 0.0954. The van der Waals surface area contributed by atoms with E-state index in [2.05, 4.69) is 20.8 Å². The fraction of sp³-hybridized carbons (Fsp3) is 0.474. The summed E-state index contributed by atoms with van der Waals surface area (Å²) in [5, 5.41) is 13.2. The summed E-state index contributed by atoms with van der Waals surface area (Å²) in [5.74, 6) is -0.648. The number of amidine groups is 2. The largest absolute Gasteiger partial charge is 0.385 e. The fourth-order valence-electron chi connectivity index (χ4n) is 2.37. The number of rotatable bonds is 14. The van der Waals surface area contributed by atoms with Crippen LogP contribution in [0.15, 0.2) is 28.4 Å². The zero-order valence-electron chi connectivity index (χ0n) is 18.5. The molecule has 1 aromatic rings. The first kappa shape index (κ1) is 27.4. The molecule has 1 rings (SSSR count). The molecule has 0 saturated heterocycles. The van der Waals surface area contributed by atoms with Gasteiger partial charge >= 0.3 is 0 Å². The van der Waals surface area contributed by atoms with Crippen molar-refractivity contribution in [2.75, 3.05) is 45.6 Å². The average molecular weight is 468 g/mol. The van der Waals surface area contributed by atoms with Gasteiger partial charge < -0.3 is 42.6 Å². The molecule has 0 radical (unpaired) electrons. The summed E-state index contributed by atoms with van der Waals surface area (Å²) in [6.45, 7) is 5.80. The van der Waals surface area contributed by atoms with Crippen LogP contribution in [-0.4, -0.2) is 69.0 Å². The van der Waals surface area contributed by atoms with Gasteiger partial charge in [0.05, 0.1) is 19.4 Å². The molecule has 12 nitrogen and oxygen atoms in total. The first-order valence-electron chi connectivity index (χ1n) is 10.2. The van der Waals surface area contributed by atoms with E-state index in [1.54, 1.807) is 0 Å². The molecule has 2 amide bonds. The Morgan fingerprint density at radius 3 is 1.78 bits per heavy atom. The Hall–Kier alpha value is -2.63. The van der Waals surface area contributed by atoms with E-state index in [0.29, 0.717) is 18.8 Å². The third-order valence-electron chi connectivity index (χ3n) is 3.74. The highest BCUT2D eigenvalue weighted by Crippen LogP contribution is 2.37. The number of nitrogens with zero attached hydrogens (tertiary/aromatic N) is 2. The van der Waals surface area contributed by atoms with Crippen molar-refractivity contribution in [3.8, 4) is 0 Å². The highest BCUT2D eigenvalue weighted by atomic mass is 31.2. The minimum atomic E-state index is -1.22. The van der Waals surface area contributed by atoms with Gasteiger partial charge in [0.1, 0.15) is 5.84 Å². The highest BCUT2D eigenvalue weighted by molar-refractivity contribution is 7.48. The maximum atomic E-state index is 12.4. The first-order chi connectivity index (χ1) is 15.4. The molecule has 0 spiro atoms. The highest BCUT2D eigenvalue weighted by Gasteiger charge is 2.15. The average Bonchev–Trinajstić information content (AvgIpc) is 2.79. The molecular weight excluding hydrogens is 435 g/mol. The predicted octanol–water partition coefficient (Wildman–Crippen LogP) is -0.574. The van der Waals surface area contributed by atoms with Crippen LogP contribution in [0.4, 0.5) is 0 Å². The SMILES string of the molecule is CCOP(C/C(N)=N/N=C(\N)c1cc(C(=O)NCCN)cc(C(=O)NCCN)c1)OCC. The van der Waals surface area contributed by atoms with Crippen LogP contribution in [-0.2, 0) is 9.05 Å². The number of benzene rings is 1. The zero-order chi connectivity index (χ0) is 23.9. The molecule has 0 fully saturated rings. The minimum absolute atomic E-state index is 0.0218. The molecule has 0 heterocycles. The Balaban J connectivity index is 3.17. The van der Waals surface area contributed by atoms with Crippen molar-refractivity contribution in [2.45, 2.75) is 13.8 Å². The molecule has 13 heteroatoms. The molecule has 178 valence electrons. The Kier molecular flexibility index (Phi) is 13.0. The zero-order valence-corrected chi connectivity index (χ0v) is 19.4. The second kappa shape index (κ2) is 15.2. The van der Waals surface area contributed by atoms with E-state index in [4.69, 9.17) is 32.0 Å². The van der Waals surface area contributed by atoms with Crippen LogP contribution >= 0.6 is 8.38 Å². The van der Waals surface area contributed by atoms with Gasteiger partial charge in [-0.2, -0.15) is 0 Å². The van der Waals surface area contributed by atoms with E-state index in [1.807, 2.05) is 13.8 Å². The van der Waals surface area contributed by atoms with E-state index in [0.717, 1.165) is 0 Å². The van der Waals surface area contributed by atoms with Gasteiger partial charge in [0, 0.05) is 42.9 Å². The molecule has 1 aromatic carbocycles. The van der Waals surface area contributed by atoms with Crippen molar-refractivity contribution >= 4 is 31.9 Å². The Morgan fingerprint density at radius 2 is 1.34 bits per heavy atom. The number of carbonyl (C=O) groups excluding carboxylic acids is 2. The van der Waals surface area contributed by atoms with Crippen LogP contribution in [0.2, 0.25) is 0 Å². The monoisotopic (exact) mass is 468 g/mol. The third kappa shape index (κ3) is 9.67. The number of nitrogens with two attached hydrogens (primary N) is 4. The van der Waals surface area contributed by atoms with Crippen molar-refractivity contribution in [3.05, 3.63) is 34.9 Å². The molecule has 0 saturated carbocycles. The van der Waals surface area contributed by atoms with Crippen molar-refractivity contribution in [2.24, 2.45) is 33.1 Å². The second-order valence-corrected chi connectivity index (χ2v) is 7.79. The van der Waals surface area contributed by atoms with E-state index in [-0.39, 0.29) is 55.1 Å². The van der Waals surface area contributed by atoms with Crippen molar-refractivity contribution < 1.29 is 18.6 Å². The minimum Gasteiger partial charge on any atom is -0.385 e. The maximum absolute atomic E-state index is 12.4. The van der Waals surface area contributed by atoms with E-state index in [1.165, 1.54) is 18.2 Å². The Labute approximate surface area is 189 Å². The van der Waals surface area contributed by atoms with Crippen LogP contribution in [0.1, 0.15) is 40.1 Å². The molecular formula is C19H33N8O4P. The lowest BCUT2D eigenvalue weighted by Gasteiger charge is -2.14. The van der Waals surface area contributed by atoms with Crippen LogP contribution in [0, 0.1) is 0 Å². The van der Waals surface area contributed by atoms with Gasteiger partial charge in [-0.15, -0.1) is 10.2 Å². The van der Waals surface area contributed by atoms with Crippen molar-refractivity contribution in [1.29, 1.82) is 0 Å². The van der Waals surface area contributed by atoms with Gasteiger partial charge in [0.25, 0.3) is 11.8 Å². The molecule has 10 N–H and O–H groups in total. The molecule has 0 aliphatic carbocycles. The third-order valence-corrected chi connectivity index (χ3v) is 5.41. The van der Waals surface area contributed by atoms with Gasteiger partial charge in [-0.25, -0.2) is 0 Å². The molecule has 0 aromatic heterocycles. The van der Waals surface area contributed by atoms with Crippen LogP contribution in [0.5, 0.6) is 0 Å². The van der Waals surface area contributed by atoms with Crippen LogP contribution in [0.3, 0.4) is 0 Å². The van der Waals surface area contributed by atoms with Gasteiger partial charge in [-0.05, 0) is 32.0 Å². The molecule has 0 aliphatic rings. The van der Waals surface area contributed by atoms with Crippen molar-refractivity contribution in [1.82, 2.24) is 10.6 Å². The molecule has 32 heavy (non-hydrogen) atoms. The topological polar surface area (TPSA) is 205 Å². The second-order valence-electron chi connectivity index (χ2n) is 6.29. The van der Waals surface area contributed by atoms with Crippen LogP contribution < -0.4 is 33.6 Å². The van der Waals surface area contributed by atoms with E-state index < -0.39 is 20.2 Å². The summed E-state index contributed by atoms with van der Waals surface area (Å²) in [6.07, 6.45) is 0.266. The number of nitrogens with one attached hydrogen (secondary N) is 2. The van der Waals surface area contributed by atoms with Gasteiger partial charge in [0.2, 0.25) is 0 Å². The molecule has 0 unspecified atom stereocenters. The van der Waals surface area contributed by atoms with E-state index in [9.17, 15) is 9.59 Å². The standard InChI is InChI=1S/C19H33N8O4P/c1-3-30-32(31-4-2)12-16(22)26-27-17(23)13-9-14(18(28)24-7-5-20)11-15(10-13)19(29)25-8-6-21/h9-11H,3-8,12,20-21H2,1-2H3,(H2,22,26)(H2,23,27)(H,24,28)(H,25,29). The number of hydrogen-bond donors (Lipinski definition) is 6. The smallest absolute Gasteiger partial charge is 0.251 e. The normalized spacial score (nSPS) is 12.2. The summed E-state index contributed by atoms with van der Waals surface area (Å²) in [7, 11) is -1.22. The quantitative estimate of drug-likeness (QED) is 0.0899. The van der Waals surface area contributed by atoms with Gasteiger partial charge in [-0.3, -0.25) is 9.59 Å². The Morgan fingerprint density at radius 1 is 0.875 bits per heavy atom. The van der Waals surface area contributed by atoms with Gasteiger partial charge in [-0.1, -0.05) is 0 Å². The summed E-state index contributed by atoms with van der Waals surface area (Å²) in [6, 6.07) is 4.45. The van der Waals surface area contributed by atoms with Gasteiger partial charge in [0.15, 0.2) is 14.2 Å². The van der Waals surface area contributed by atoms with Crippen LogP contribution in [0.25, 0.3) is 0 Å². The first-order valence-corrected chi connectivity index (χ1v) is 11.5. The summed E-state index contributed by atoms with van der Waals surface area (Å²) in [4.78, 5) is 24.8. The number of hydrogen-bond acceptors (Lipinski definition) is 8. The Bertz CT molecular complexity index is 774.